The molecule has 0 fully saturated rings. The summed E-state index contributed by atoms with van der Waals surface area (Å²) in [5, 5.41) is 2.68. The van der Waals surface area contributed by atoms with Crippen LogP contribution in [0.5, 0.6) is 11.6 Å². The first kappa shape index (κ1) is 19.2. The number of aldehydes is 1. The minimum Gasteiger partial charge on any atom is -0.438 e. The number of aryl methyl sites for hydroxylation is 1. The summed E-state index contributed by atoms with van der Waals surface area (Å²) >= 11 is 0. The van der Waals surface area contributed by atoms with Crippen LogP contribution in [0.15, 0.2) is 54.7 Å². The summed E-state index contributed by atoms with van der Waals surface area (Å²) in [6, 6.07) is 11.3. The molecule has 1 amide bonds. The minimum absolute atomic E-state index is 0.0912. The van der Waals surface area contributed by atoms with Gasteiger partial charge in [0.1, 0.15) is 29.2 Å². The van der Waals surface area contributed by atoms with E-state index in [2.05, 4.69) is 10.3 Å². The lowest BCUT2D eigenvalue weighted by Gasteiger charge is -2.12. The lowest BCUT2D eigenvalue weighted by atomic mass is 10.1. The molecule has 1 heterocycles. The van der Waals surface area contributed by atoms with Gasteiger partial charge in [-0.25, -0.2) is 13.8 Å². The first-order valence-corrected chi connectivity index (χ1v) is 8.38. The van der Waals surface area contributed by atoms with E-state index in [4.69, 9.17) is 4.74 Å². The monoisotopic (exact) mass is 382 g/mol. The molecule has 2 aromatic carbocycles. The van der Waals surface area contributed by atoms with Crippen molar-refractivity contribution in [3.63, 3.8) is 0 Å². The van der Waals surface area contributed by atoms with Gasteiger partial charge in [-0.2, -0.15) is 0 Å². The maximum Gasteiger partial charge on any atom is 0.257 e. The number of rotatable bonds is 6. The van der Waals surface area contributed by atoms with Crippen LogP contribution in [0.3, 0.4) is 0 Å². The van der Waals surface area contributed by atoms with Crippen molar-refractivity contribution in [2.45, 2.75) is 13.5 Å². The number of ether oxygens (including phenoxy) is 1. The molecule has 3 aromatic rings. The summed E-state index contributed by atoms with van der Waals surface area (Å²) in [7, 11) is 0. The van der Waals surface area contributed by atoms with E-state index >= 15 is 0 Å². The van der Waals surface area contributed by atoms with E-state index in [-0.39, 0.29) is 23.7 Å². The second-order valence-electron chi connectivity index (χ2n) is 6.05. The number of nitrogens with zero attached hydrogens (tertiary/aromatic N) is 1. The van der Waals surface area contributed by atoms with Gasteiger partial charge in [0.2, 0.25) is 5.88 Å². The molecule has 0 spiro atoms. The number of halogens is 2. The van der Waals surface area contributed by atoms with Crippen LogP contribution in [0.4, 0.5) is 8.78 Å². The number of aromatic nitrogens is 1. The Morgan fingerprint density at radius 2 is 1.86 bits per heavy atom. The van der Waals surface area contributed by atoms with Crippen molar-refractivity contribution < 1.29 is 23.1 Å². The third kappa shape index (κ3) is 4.56. The van der Waals surface area contributed by atoms with E-state index in [1.165, 1.54) is 24.3 Å². The number of benzene rings is 2. The number of carbonyl (C=O) groups excluding carboxylic acids is 2. The van der Waals surface area contributed by atoms with Gasteiger partial charge in [-0.05, 0) is 54.4 Å². The Labute approximate surface area is 160 Å². The molecule has 3 rings (SSSR count). The summed E-state index contributed by atoms with van der Waals surface area (Å²) in [5.41, 5.74) is 2.10. The average molecular weight is 382 g/mol. The zero-order valence-electron chi connectivity index (χ0n) is 14.9. The van der Waals surface area contributed by atoms with Crippen molar-refractivity contribution >= 4 is 12.2 Å². The average Bonchev–Trinajstić information content (AvgIpc) is 2.69. The van der Waals surface area contributed by atoms with Crippen LogP contribution < -0.4 is 10.1 Å². The topological polar surface area (TPSA) is 68.3 Å². The zero-order valence-corrected chi connectivity index (χ0v) is 14.9. The molecule has 0 radical (unpaired) electrons. The number of carbonyl (C=O) groups is 2. The van der Waals surface area contributed by atoms with E-state index < -0.39 is 17.5 Å². The number of amides is 1. The molecule has 1 aromatic heterocycles. The first-order chi connectivity index (χ1) is 13.5. The molecule has 0 unspecified atom stereocenters. The zero-order chi connectivity index (χ0) is 20.1. The van der Waals surface area contributed by atoms with Gasteiger partial charge in [0, 0.05) is 12.1 Å². The summed E-state index contributed by atoms with van der Waals surface area (Å²) in [6.07, 6.45) is 1.67. The third-order valence-corrected chi connectivity index (χ3v) is 4.03. The molecule has 0 aliphatic rings. The van der Waals surface area contributed by atoms with Crippen molar-refractivity contribution in [1.29, 1.82) is 0 Å². The van der Waals surface area contributed by atoms with Crippen LogP contribution in [-0.2, 0) is 6.54 Å². The highest BCUT2D eigenvalue weighted by molar-refractivity contribution is 5.96. The van der Waals surface area contributed by atoms with Crippen LogP contribution in [0.25, 0.3) is 0 Å². The fourth-order valence-corrected chi connectivity index (χ4v) is 2.55. The smallest absolute Gasteiger partial charge is 0.257 e. The van der Waals surface area contributed by atoms with Crippen molar-refractivity contribution in [2.24, 2.45) is 0 Å². The molecule has 7 heteroatoms. The molecular weight excluding hydrogens is 366 g/mol. The second-order valence-corrected chi connectivity index (χ2v) is 6.05. The van der Waals surface area contributed by atoms with Crippen molar-refractivity contribution in [3.8, 4) is 11.6 Å². The molecule has 0 aliphatic carbocycles. The van der Waals surface area contributed by atoms with Gasteiger partial charge in [-0.15, -0.1) is 0 Å². The highest BCUT2D eigenvalue weighted by Gasteiger charge is 2.16. The van der Waals surface area contributed by atoms with Gasteiger partial charge in [0.05, 0.1) is 6.20 Å². The highest BCUT2D eigenvalue weighted by Crippen LogP contribution is 2.24. The van der Waals surface area contributed by atoms with Crippen molar-refractivity contribution in [1.82, 2.24) is 10.3 Å². The molecule has 1 N–H and O–H groups in total. The predicted octanol–water partition coefficient (Wildman–Crippen LogP) is 4.20. The molecule has 0 saturated heterocycles. The van der Waals surface area contributed by atoms with Crippen molar-refractivity contribution in [3.05, 3.63) is 88.6 Å². The normalized spacial score (nSPS) is 10.4. The van der Waals surface area contributed by atoms with Gasteiger partial charge in [-0.1, -0.05) is 12.1 Å². The number of pyridine rings is 1. The molecule has 28 heavy (non-hydrogen) atoms. The Kier molecular flexibility index (Phi) is 5.74. The van der Waals surface area contributed by atoms with Crippen LogP contribution >= 0.6 is 0 Å². The largest absolute Gasteiger partial charge is 0.438 e. The van der Waals surface area contributed by atoms with Gasteiger partial charge < -0.3 is 10.1 Å². The number of hydrogen-bond acceptors (Lipinski definition) is 4. The molecule has 142 valence electrons. The molecule has 0 aliphatic heterocycles. The Bertz CT molecular complexity index is 1020. The summed E-state index contributed by atoms with van der Waals surface area (Å²) in [6.45, 7) is 2.00. The van der Waals surface area contributed by atoms with Crippen LogP contribution in [0.1, 0.15) is 31.8 Å². The van der Waals surface area contributed by atoms with Crippen molar-refractivity contribution in [2.75, 3.05) is 0 Å². The fraction of sp³-hybridized carbons (Fsp3) is 0.0952. The molecule has 0 bridgehead atoms. The van der Waals surface area contributed by atoms with E-state index in [0.717, 1.165) is 29.7 Å². The molecule has 5 nitrogen and oxygen atoms in total. The van der Waals surface area contributed by atoms with Gasteiger partial charge in [-0.3, -0.25) is 9.59 Å². The van der Waals surface area contributed by atoms with Crippen LogP contribution in [-0.4, -0.2) is 17.2 Å². The van der Waals surface area contributed by atoms with E-state index in [1.54, 1.807) is 18.2 Å². The summed E-state index contributed by atoms with van der Waals surface area (Å²) in [5.74, 6) is -1.55. The van der Waals surface area contributed by atoms with E-state index in [1.807, 2.05) is 6.92 Å². The van der Waals surface area contributed by atoms with Crippen LogP contribution in [0.2, 0.25) is 0 Å². The van der Waals surface area contributed by atoms with Gasteiger partial charge in [0.25, 0.3) is 5.91 Å². The minimum atomic E-state index is -0.692. The Morgan fingerprint density at radius 1 is 1.11 bits per heavy atom. The lowest BCUT2D eigenvalue weighted by Crippen LogP contribution is -2.24. The van der Waals surface area contributed by atoms with Gasteiger partial charge >= 0.3 is 0 Å². The lowest BCUT2D eigenvalue weighted by molar-refractivity contribution is 0.0947. The number of hydrogen-bond donors (Lipinski definition) is 1. The maximum absolute atomic E-state index is 13.6. The predicted molar refractivity (Wildman–Crippen MR) is 98.4 cm³/mol. The maximum atomic E-state index is 13.6. The second kappa shape index (κ2) is 8.39. The molecular formula is C21H16F2N2O3. The fourth-order valence-electron chi connectivity index (χ4n) is 2.55. The number of nitrogens with one attached hydrogen (secondary N) is 1. The van der Waals surface area contributed by atoms with E-state index in [9.17, 15) is 18.4 Å². The first-order valence-electron chi connectivity index (χ1n) is 8.38. The molecule has 0 atom stereocenters. The molecule has 0 saturated carbocycles. The Morgan fingerprint density at radius 3 is 2.54 bits per heavy atom. The van der Waals surface area contributed by atoms with Crippen LogP contribution in [0, 0.1) is 18.6 Å². The Hall–Kier alpha value is -3.61. The summed E-state index contributed by atoms with van der Waals surface area (Å²) in [4.78, 5) is 27.2. The Balaban J connectivity index is 1.78. The van der Waals surface area contributed by atoms with E-state index in [0.29, 0.717) is 5.56 Å². The third-order valence-electron chi connectivity index (χ3n) is 4.03. The quantitative estimate of drug-likeness (QED) is 0.649. The highest BCUT2D eigenvalue weighted by atomic mass is 19.1. The summed E-state index contributed by atoms with van der Waals surface area (Å²) < 4.78 is 32.2. The standard InChI is InChI=1S/C21H16F2N2O3/c1-13-8-14(12-26)2-3-15(13)10-24-20(27)19-9-17(23)11-25-21(19)28-18-6-4-16(22)5-7-18/h2-9,11-12H,10H2,1H3,(H,24,27). The van der Waals surface area contributed by atoms with Gasteiger partial charge in [0.15, 0.2) is 0 Å². The SMILES string of the molecule is Cc1cc(C=O)ccc1CNC(=O)c1cc(F)cnc1Oc1ccc(F)cc1.